The predicted molar refractivity (Wildman–Crippen MR) is 83.8 cm³/mol. The van der Waals surface area contributed by atoms with E-state index in [0.29, 0.717) is 32.5 Å². The second-order valence-electron chi connectivity index (χ2n) is 5.82. The van der Waals surface area contributed by atoms with E-state index in [1.807, 2.05) is 6.92 Å². The van der Waals surface area contributed by atoms with Gasteiger partial charge in [-0.15, -0.1) is 6.07 Å². The molecule has 0 radical (unpaired) electrons. The number of aryl methyl sites for hydroxylation is 1. The first-order chi connectivity index (χ1) is 12.0. The van der Waals surface area contributed by atoms with E-state index in [9.17, 15) is 17.6 Å². The summed E-state index contributed by atoms with van der Waals surface area (Å²) in [7, 11) is 0. The molecule has 2 nitrogen and oxygen atoms in total. The maximum absolute atomic E-state index is 14.6. The molecule has 1 heterocycles. The van der Waals surface area contributed by atoms with E-state index in [1.165, 1.54) is 12.1 Å². The number of hydrogen-bond acceptors (Lipinski definition) is 2. The number of halogens is 4. The summed E-state index contributed by atoms with van der Waals surface area (Å²) >= 11 is 0. The van der Waals surface area contributed by atoms with Crippen LogP contribution >= 0.6 is 0 Å². The summed E-state index contributed by atoms with van der Waals surface area (Å²) in [6.45, 7) is 2.58. The molecule has 1 fully saturated rings. The van der Waals surface area contributed by atoms with E-state index in [0.717, 1.165) is 6.07 Å². The number of rotatable bonds is 4. The van der Waals surface area contributed by atoms with Gasteiger partial charge >= 0.3 is 18.9 Å². The molecule has 134 valence electrons. The van der Waals surface area contributed by atoms with E-state index in [4.69, 9.17) is 9.47 Å². The molecule has 0 N–H and O–H groups in total. The molecule has 3 rings (SSSR count). The molecule has 0 atom stereocenters. The molecule has 0 aromatic heterocycles. The zero-order chi connectivity index (χ0) is 18.0. The first kappa shape index (κ1) is 21.0. The van der Waals surface area contributed by atoms with Gasteiger partial charge in [0.05, 0.1) is 19.0 Å². The van der Waals surface area contributed by atoms with Crippen molar-refractivity contribution in [3.63, 3.8) is 0 Å². The van der Waals surface area contributed by atoms with Crippen molar-refractivity contribution in [3.05, 3.63) is 58.7 Å². The van der Waals surface area contributed by atoms with E-state index in [1.54, 1.807) is 0 Å². The SMILES string of the molecule is CCCc1ccc(-c2c(C3OCCCO3)c[c-]c(F)c2F)c(F)c1F.[Li+]. The van der Waals surface area contributed by atoms with Gasteiger partial charge in [0.2, 0.25) is 0 Å². The van der Waals surface area contributed by atoms with Gasteiger partial charge < -0.3 is 9.47 Å². The van der Waals surface area contributed by atoms with Crippen LogP contribution in [0.4, 0.5) is 17.6 Å². The Hall–Kier alpha value is -1.32. The van der Waals surface area contributed by atoms with Crippen molar-refractivity contribution in [2.75, 3.05) is 13.2 Å². The Morgan fingerprint density at radius 2 is 1.73 bits per heavy atom. The Bertz CT molecular complexity index is 777. The van der Waals surface area contributed by atoms with Gasteiger partial charge in [-0.25, -0.2) is 13.2 Å². The molecule has 0 amide bonds. The molecule has 0 bridgehead atoms. The van der Waals surface area contributed by atoms with Gasteiger partial charge in [-0.3, -0.25) is 4.39 Å². The molecule has 1 aliphatic heterocycles. The summed E-state index contributed by atoms with van der Waals surface area (Å²) in [5.41, 5.74) is -0.489. The van der Waals surface area contributed by atoms with Crippen LogP contribution in [0.3, 0.4) is 0 Å². The topological polar surface area (TPSA) is 18.5 Å². The fourth-order valence-corrected chi connectivity index (χ4v) is 2.89. The van der Waals surface area contributed by atoms with Crippen LogP contribution in [0.25, 0.3) is 11.1 Å². The van der Waals surface area contributed by atoms with Crippen LogP contribution in [0.1, 0.15) is 37.2 Å². The van der Waals surface area contributed by atoms with Gasteiger partial charge in [0.15, 0.2) is 11.6 Å². The van der Waals surface area contributed by atoms with Crippen molar-refractivity contribution in [3.8, 4) is 11.1 Å². The second kappa shape index (κ2) is 9.05. The second-order valence-corrected chi connectivity index (χ2v) is 5.82. The van der Waals surface area contributed by atoms with Crippen molar-refractivity contribution in [1.29, 1.82) is 0 Å². The van der Waals surface area contributed by atoms with Gasteiger partial charge in [0, 0.05) is 5.82 Å². The van der Waals surface area contributed by atoms with Crippen LogP contribution in [-0.2, 0) is 15.9 Å². The van der Waals surface area contributed by atoms with Gasteiger partial charge in [-0.05, 0) is 24.0 Å². The van der Waals surface area contributed by atoms with Gasteiger partial charge in [-0.1, -0.05) is 36.6 Å². The van der Waals surface area contributed by atoms with Crippen LogP contribution in [0, 0.1) is 29.3 Å². The Morgan fingerprint density at radius 1 is 1.04 bits per heavy atom. The summed E-state index contributed by atoms with van der Waals surface area (Å²) < 4.78 is 67.8. The largest absolute Gasteiger partial charge is 1.00 e. The minimum absolute atomic E-state index is 0. The standard InChI is InChI=1S/C19H17F4O2.Li/c1-2-4-11-5-6-12(17(22)16(11)21)15-13(7-8-14(20)18(15)23)19-24-9-3-10-25-19;/h5-7,19H,2-4,9-10H2,1H3;/q-1;+1. The van der Waals surface area contributed by atoms with Crippen molar-refractivity contribution < 1.29 is 45.9 Å². The van der Waals surface area contributed by atoms with Gasteiger partial charge in [0.25, 0.3) is 0 Å². The normalized spacial score (nSPS) is 15.0. The molecule has 0 unspecified atom stereocenters. The minimum Gasteiger partial charge on any atom is -0.359 e. The first-order valence-electron chi connectivity index (χ1n) is 8.14. The van der Waals surface area contributed by atoms with E-state index < -0.39 is 35.1 Å². The maximum Gasteiger partial charge on any atom is 1.00 e. The zero-order valence-electron chi connectivity index (χ0n) is 14.7. The van der Waals surface area contributed by atoms with Crippen molar-refractivity contribution in [2.45, 2.75) is 32.5 Å². The zero-order valence-corrected chi connectivity index (χ0v) is 14.7. The molecular formula is C19H17F4LiO2. The maximum atomic E-state index is 14.6. The molecule has 26 heavy (non-hydrogen) atoms. The smallest absolute Gasteiger partial charge is 0.359 e. The fourth-order valence-electron chi connectivity index (χ4n) is 2.89. The van der Waals surface area contributed by atoms with E-state index in [-0.39, 0.29) is 35.6 Å². The summed E-state index contributed by atoms with van der Waals surface area (Å²) in [4.78, 5) is 0. The first-order valence-corrected chi connectivity index (χ1v) is 8.14. The van der Waals surface area contributed by atoms with Gasteiger partial charge in [-0.2, -0.15) is 6.07 Å². The molecular weight excluding hydrogens is 343 g/mol. The molecule has 1 aliphatic rings. The molecule has 0 spiro atoms. The van der Waals surface area contributed by atoms with Crippen LogP contribution < -0.4 is 18.9 Å². The molecule has 2 aromatic rings. The Morgan fingerprint density at radius 3 is 2.38 bits per heavy atom. The molecule has 0 saturated carbocycles. The van der Waals surface area contributed by atoms with Crippen LogP contribution in [-0.4, -0.2) is 13.2 Å². The Labute approximate surface area is 161 Å². The number of hydrogen-bond donors (Lipinski definition) is 0. The van der Waals surface area contributed by atoms with Crippen LogP contribution in [0.5, 0.6) is 0 Å². The summed E-state index contributed by atoms with van der Waals surface area (Å²) in [6, 6.07) is 5.92. The number of ether oxygens (including phenoxy) is 2. The molecule has 2 aromatic carbocycles. The van der Waals surface area contributed by atoms with Crippen molar-refractivity contribution >= 4 is 0 Å². The third-order valence-corrected chi connectivity index (χ3v) is 4.09. The average Bonchev–Trinajstić information content (AvgIpc) is 2.63. The third kappa shape index (κ3) is 3.99. The summed E-state index contributed by atoms with van der Waals surface area (Å²) in [5, 5.41) is 0. The molecule has 7 heteroatoms. The monoisotopic (exact) mass is 360 g/mol. The van der Waals surface area contributed by atoms with Gasteiger partial charge in [0.1, 0.15) is 6.29 Å². The Kier molecular flexibility index (Phi) is 7.30. The van der Waals surface area contributed by atoms with Crippen LogP contribution in [0.2, 0.25) is 0 Å². The predicted octanol–water partition coefficient (Wildman–Crippen LogP) is 2.10. The number of benzene rings is 2. The van der Waals surface area contributed by atoms with Crippen LogP contribution in [0.15, 0.2) is 18.2 Å². The van der Waals surface area contributed by atoms with Crippen molar-refractivity contribution in [2.24, 2.45) is 0 Å². The molecule has 0 aliphatic carbocycles. The quantitative estimate of drug-likeness (QED) is 0.472. The summed E-state index contributed by atoms with van der Waals surface area (Å²) in [5.74, 6) is -4.85. The van der Waals surface area contributed by atoms with E-state index >= 15 is 0 Å². The van der Waals surface area contributed by atoms with E-state index in [2.05, 4.69) is 6.07 Å². The fraction of sp³-hybridized carbons (Fsp3) is 0.368. The molecule has 1 saturated heterocycles. The average molecular weight is 360 g/mol. The Balaban J connectivity index is 0.00000243. The minimum atomic E-state index is -1.31. The third-order valence-electron chi connectivity index (χ3n) is 4.09. The van der Waals surface area contributed by atoms with Crippen molar-refractivity contribution in [1.82, 2.24) is 0 Å². The summed E-state index contributed by atoms with van der Waals surface area (Å²) in [6.07, 6.45) is 0.666.